The highest BCUT2D eigenvalue weighted by Crippen LogP contribution is 2.15. The Morgan fingerprint density at radius 2 is 2.00 bits per heavy atom. The Balaban J connectivity index is 2.55. The highest BCUT2D eigenvalue weighted by atomic mass is 16.5. The number of allylic oxidation sites excluding steroid dienone is 1. The van der Waals surface area contributed by atoms with Crippen LogP contribution in [0.1, 0.15) is 38.7 Å². The molecular formula is C17H27NO. The van der Waals surface area contributed by atoms with Crippen LogP contribution < -0.4 is 10.1 Å². The van der Waals surface area contributed by atoms with Crippen LogP contribution in [0.4, 0.5) is 0 Å². The van der Waals surface area contributed by atoms with Gasteiger partial charge in [-0.05, 0) is 56.8 Å². The van der Waals surface area contributed by atoms with Crippen LogP contribution in [0.5, 0.6) is 5.75 Å². The molecule has 0 aliphatic carbocycles. The van der Waals surface area contributed by atoms with Crippen molar-refractivity contribution >= 4 is 0 Å². The Bertz CT molecular complexity index is 369. The van der Waals surface area contributed by atoms with Gasteiger partial charge in [-0.2, -0.15) is 0 Å². The van der Waals surface area contributed by atoms with Crippen molar-refractivity contribution in [3.05, 3.63) is 42.0 Å². The van der Waals surface area contributed by atoms with E-state index in [1.54, 1.807) is 7.11 Å². The molecule has 0 saturated carbocycles. The molecule has 0 bridgehead atoms. The van der Waals surface area contributed by atoms with Gasteiger partial charge < -0.3 is 10.1 Å². The van der Waals surface area contributed by atoms with Crippen LogP contribution in [0.15, 0.2) is 36.4 Å². The van der Waals surface area contributed by atoms with Crippen LogP contribution >= 0.6 is 0 Å². The lowest BCUT2D eigenvalue weighted by atomic mass is 9.99. The molecule has 2 nitrogen and oxygen atoms in total. The minimum Gasteiger partial charge on any atom is -0.497 e. The smallest absolute Gasteiger partial charge is 0.118 e. The number of hydrogen-bond acceptors (Lipinski definition) is 2. The van der Waals surface area contributed by atoms with Crippen LogP contribution in [0.25, 0.3) is 0 Å². The summed E-state index contributed by atoms with van der Waals surface area (Å²) in [5.74, 6) is 0.920. The molecule has 1 atom stereocenters. The zero-order chi connectivity index (χ0) is 14.1. The summed E-state index contributed by atoms with van der Waals surface area (Å²) in [4.78, 5) is 0. The normalized spacial score (nSPS) is 12.2. The summed E-state index contributed by atoms with van der Waals surface area (Å²) in [5, 5.41) is 3.63. The van der Waals surface area contributed by atoms with E-state index in [0.717, 1.165) is 31.6 Å². The molecule has 1 N–H and O–H groups in total. The largest absolute Gasteiger partial charge is 0.497 e. The van der Waals surface area contributed by atoms with E-state index in [1.165, 1.54) is 17.6 Å². The quantitative estimate of drug-likeness (QED) is 0.679. The molecule has 0 saturated heterocycles. The summed E-state index contributed by atoms with van der Waals surface area (Å²) in [7, 11) is 1.70. The zero-order valence-corrected chi connectivity index (χ0v) is 12.5. The average molecular weight is 261 g/mol. The molecule has 0 fully saturated rings. The van der Waals surface area contributed by atoms with Gasteiger partial charge in [-0.15, -0.1) is 6.58 Å². The Hall–Kier alpha value is -1.28. The van der Waals surface area contributed by atoms with Crippen molar-refractivity contribution in [3.63, 3.8) is 0 Å². The first kappa shape index (κ1) is 15.8. The molecule has 106 valence electrons. The molecule has 1 rings (SSSR count). The van der Waals surface area contributed by atoms with Crippen molar-refractivity contribution in [1.29, 1.82) is 0 Å². The van der Waals surface area contributed by atoms with Crippen molar-refractivity contribution in [2.24, 2.45) is 0 Å². The highest BCUT2D eigenvalue weighted by molar-refractivity contribution is 5.27. The second kappa shape index (κ2) is 8.76. The van der Waals surface area contributed by atoms with Crippen molar-refractivity contribution in [1.82, 2.24) is 5.32 Å². The molecule has 0 spiro atoms. The van der Waals surface area contributed by atoms with Gasteiger partial charge in [0, 0.05) is 6.04 Å². The number of ether oxygens (including phenoxy) is 1. The topological polar surface area (TPSA) is 21.3 Å². The lowest BCUT2D eigenvalue weighted by Gasteiger charge is -2.19. The molecule has 0 amide bonds. The molecule has 1 aromatic carbocycles. The van der Waals surface area contributed by atoms with E-state index in [-0.39, 0.29) is 0 Å². The van der Waals surface area contributed by atoms with Gasteiger partial charge in [0.2, 0.25) is 0 Å². The van der Waals surface area contributed by atoms with Gasteiger partial charge in [0.05, 0.1) is 7.11 Å². The molecule has 0 radical (unpaired) electrons. The second-order valence-electron chi connectivity index (χ2n) is 5.20. The van der Waals surface area contributed by atoms with Gasteiger partial charge in [-0.1, -0.05) is 24.6 Å². The van der Waals surface area contributed by atoms with Gasteiger partial charge in [0.15, 0.2) is 0 Å². The standard InChI is InChI=1S/C17H27NO/c1-5-12-18-16(9-6-14(2)3)13-15-7-10-17(19-4)11-8-15/h7-8,10-11,16,18H,2,5-6,9,12-13H2,1,3-4H3. The van der Waals surface area contributed by atoms with Crippen molar-refractivity contribution in [2.45, 2.75) is 45.6 Å². The van der Waals surface area contributed by atoms with Crippen LogP contribution in [-0.4, -0.2) is 19.7 Å². The molecule has 1 aromatic rings. The molecule has 0 aromatic heterocycles. The fourth-order valence-electron chi connectivity index (χ4n) is 2.09. The first-order valence-corrected chi connectivity index (χ1v) is 7.16. The van der Waals surface area contributed by atoms with Gasteiger partial charge >= 0.3 is 0 Å². The van der Waals surface area contributed by atoms with E-state index < -0.39 is 0 Å². The predicted octanol–water partition coefficient (Wildman–Crippen LogP) is 3.96. The number of benzene rings is 1. The monoisotopic (exact) mass is 261 g/mol. The summed E-state index contributed by atoms with van der Waals surface area (Å²) in [6.07, 6.45) is 4.49. The summed E-state index contributed by atoms with van der Waals surface area (Å²) in [6, 6.07) is 8.90. The Morgan fingerprint density at radius 3 is 2.53 bits per heavy atom. The van der Waals surface area contributed by atoms with E-state index in [1.807, 2.05) is 12.1 Å². The number of nitrogens with one attached hydrogen (secondary N) is 1. The number of rotatable bonds is 9. The van der Waals surface area contributed by atoms with E-state index in [9.17, 15) is 0 Å². The summed E-state index contributed by atoms with van der Waals surface area (Å²) in [5.41, 5.74) is 2.62. The fraction of sp³-hybridized carbons (Fsp3) is 0.529. The van der Waals surface area contributed by atoms with Gasteiger partial charge in [0.1, 0.15) is 5.75 Å². The van der Waals surface area contributed by atoms with Crippen molar-refractivity contribution in [2.75, 3.05) is 13.7 Å². The zero-order valence-electron chi connectivity index (χ0n) is 12.5. The minimum absolute atomic E-state index is 0.532. The van der Waals surface area contributed by atoms with Crippen LogP contribution in [0.2, 0.25) is 0 Å². The molecule has 1 unspecified atom stereocenters. The van der Waals surface area contributed by atoms with Crippen LogP contribution in [0.3, 0.4) is 0 Å². The maximum Gasteiger partial charge on any atom is 0.118 e. The maximum absolute atomic E-state index is 5.19. The average Bonchev–Trinajstić information content (AvgIpc) is 2.42. The molecule has 0 heterocycles. The minimum atomic E-state index is 0.532. The highest BCUT2D eigenvalue weighted by Gasteiger charge is 2.09. The summed E-state index contributed by atoms with van der Waals surface area (Å²) >= 11 is 0. The molecule has 0 aliphatic rings. The van der Waals surface area contributed by atoms with E-state index >= 15 is 0 Å². The lowest BCUT2D eigenvalue weighted by Crippen LogP contribution is -2.31. The molecule has 0 aliphatic heterocycles. The van der Waals surface area contributed by atoms with E-state index in [0.29, 0.717) is 6.04 Å². The molecular weight excluding hydrogens is 234 g/mol. The Morgan fingerprint density at radius 1 is 1.32 bits per heavy atom. The SMILES string of the molecule is C=C(C)CCC(Cc1ccc(OC)cc1)NCCC. The summed E-state index contributed by atoms with van der Waals surface area (Å²) in [6.45, 7) is 9.38. The fourth-order valence-corrected chi connectivity index (χ4v) is 2.09. The van der Waals surface area contributed by atoms with Gasteiger partial charge in [0.25, 0.3) is 0 Å². The van der Waals surface area contributed by atoms with E-state index in [2.05, 4.69) is 37.9 Å². The van der Waals surface area contributed by atoms with Crippen molar-refractivity contribution in [3.8, 4) is 5.75 Å². The van der Waals surface area contributed by atoms with E-state index in [4.69, 9.17) is 4.74 Å². The van der Waals surface area contributed by atoms with Crippen LogP contribution in [-0.2, 0) is 6.42 Å². The number of methoxy groups -OCH3 is 1. The second-order valence-corrected chi connectivity index (χ2v) is 5.20. The first-order valence-electron chi connectivity index (χ1n) is 7.16. The third-order valence-corrected chi connectivity index (χ3v) is 3.24. The third-order valence-electron chi connectivity index (χ3n) is 3.24. The summed E-state index contributed by atoms with van der Waals surface area (Å²) < 4.78 is 5.19. The molecule has 19 heavy (non-hydrogen) atoms. The Labute approximate surface area is 117 Å². The Kier molecular flexibility index (Phi) is 7.27. The molecule has 2 heteroatoms. The third kappa shape index (κ3) is 6.44. The number of hydrogen-bond donors (Lipinski definition) is 1. The lowest BCUT2D eigenvalue weighted by molar-refractivity contribution is 0.414. The predicted molar refractivity (Wildman–Crippen MR) is 82.8 cm³/mol. The van der Waals surface area contributed by atoms with Gasteiger partial charge in [-0.25, -0.2) is 0 Å². The van der Waals surface area contributed by atoms with Crippen molar-refractivity contribution < 1.29 is 4.74 Å². The maximum atomic E-state index is 5.19. The first-order chi connectivity index (χ1) is 9.15. The van der Waals surface area contributed by atoms with Crippen LogP contribution in [0, 0.1) is 0 Å². The van der Waals surface area contributed by atoms with Gasteiger partial charge in [-0.3, -0.25) is 0 Å².